The Morgan fingerprint density at radius 3 is 2.61 bits per heavy atom. The molecule has 2 rings (SSSR count). The van der Waals surface area contributed by atoms with Crippen molar-refractivity contribution in [3.8, 4) is 0 Å². The van der Waals surface area contributed by atoms with Gasteiger partial charge in [-0.1, -0.05) is 0 Å². The Balaban J connectivity index is 2.15. The van der Waals surface area contributed by atoms with Gasteiger partial charge in [-0.05, 0) is 37.3 Å². The number of aromatic nitrogens is 2. The largest absolute Gasteiger partial charge is 0.390 e. The number of aliphatic hydroxyl groups is 1. The second-order valence-electron chi connectivity index (χ2n) is 3.79. The SMILES string of the molecule is CC(=O)c1ccc(Nc2nccc(CO)n2)cc1. The highest BCUT2D eigenvalue weighted by atomic mass is 16.3. The van der Waals surface area contributed by atoms with Crippen molar-refractivity contribution in [3.63, 3.8) is 0 Å². The molecule has 92 valence electrons. The third kappa shape index (κ3) is 2.89. The minimum Gasteiger partial charge on any atom is -0.390 e. The standard InChI is InChI=1S/C13H13N3O2/c1-9(18)10-2-4-11(5-3-10)15-13-14-7-6-12(8-17)16-13/h2-7,17H,8H2,1H3,(H,14,15,16). The number of hydrogen-bond donors (Lipinski definition) is 2. The van der Waals surface area contributed by atoms with Gasteiger partial charge in [-0.3, -0.25) is 4.79 Å². The first-order valence-electron chi connectivity index (χ1n) is 5.50. The summed E-state index contributed by atoms with van der Waals surface area (Å²) in [5.74, 6) is 0.442. The summed E-state index contributed by atoms with van der Waals surface area (Å²) in [5.41, 5.74) is 1.99. The monoisotopic (exact) mass is 243 g/mol. The highest BCUT2D eigenvalue weighted by Crippen LogP contribution is 2.14. The molecule has 18 heavy (non-hydrogen) atoms. The quantitative estimate of drug-likeness (QED) is 0.802. The van der Waals surface area contributed by atoms with Crippen LogP contribution in [0.15, 0.2) is 36.5 Å². The molecule has 0 aliphatic rings. The van der Waals surface area contributed by atoms with Gasteiger partial charge in [0.15, 0.2) is 5.78 Å². The molecule has 0 spiro atoms. The molecule has 0 radical (unpaired) electrons. The van der Waals surface area contributed by atoms with E-state index in [1.54, 1.807) is 36.5 Å². The van der Waals surface area contributed by atoms with Crippen molar-refractivity contribution in [1.82, 2.24) is 9.97 Å². The second-order valence-corrected chi connectivity index (χ2v) is 3.79. The van der Waals surface area contributed by atoms with Crippen LogP contribution in [0.4, 0.5) is 11.6 Å². The topological polar surface area (TPSA) is 75.1 Å². The highest BCUT2D eigenvalue weighted by molar-refractivity contribution is 5.94. The minimum atomic E-state index is -0.125. The van der Waals surface area contributed by atoms with Gasteiger partial charge in [0.05, 0.1) is 12.3 Å². The van der Waals surface area contributed by atoms with Crippen LogP contribution in [0.1, 0.15) is 23.0 Å². The van der Waals surface area contributed by atoms with E-state index < -0.39 is 0 Å². The number of rotatable bonds is 4. The smallest absolute Gasteiger partial charge is 0.227 e. The van der Waals surface area contributed by atoms with E-state index in [2.05, 4.69) is 15.3 Å². The van der Waals surface area contributed by atoms with Gasteiger partial charge in [-0.15, -0.1) is 0 Å². The van der Waals surface area contributed by atoms with Gasteiger partial charge in [0, 0.05) is 17.4 Å². The lowest BCUT2D eigenvalue weighted by atomic mass is 10.1. The molecule has 0 atom stereocenters. The average molecular weight is 243 g/mol. The van der Waals surface area contributed by atoms with Gasteiger partial charge in [0.2, 0.25) is 5.95 Å². The van der Waals surface area contributed by atoms with E-state index in [1.165, 1.54) is 6.92 Å². The lowest BCUT2D eigenvalue weighted by Gasteiger charge is -2.05. The predicted octanol–water partition coefficient (Wildman–Crippen LogP) is 1.92. The van der Waals surface area contributed by atoms with E-state index in [0.29, 0.717) is 17.2 Å². The Morgan fingerprint density at radius 1 is 1.28 bits per heavy atom. The maximum Gasteiger partial charge on any atom is 0.227 e. The number of ketones is 1. The summed E-state index contributed by atoms with van der Waals surface area (Å²) in [7, 11) is 0. The number of carbonyl (C=O) groups is 1. The summed E-state index contributed by atoms with van der Waals surface area (Å²) in [4.78, 5) is 19.3. The van der Waals surface area contributed by atoms with Crippen molar-refractivity contribution in [2.75, 3.05) is 5.32 Å². The Bertz CT molecular complexity index is 552. The molecule has 0 aliphatic carbocycles. The molecule has 0 aliphatic heterocycles. The fraction of sp³-hybridized carbons (Fsp3) is 0.154. The third-order valence-corrected chi connectivity index (χ3v) is 2.42. The lowest BCUT2D eigenvalue weighted by molar-refractivity contribution is 0.101. The first-order chi connectivity index (χ1) is 8.69. The van der Waals surface area contributed by atoms with Gasteiger partial charge < -0.3 is 10.4 Å². The molecule has 0 saturated heterocycles. The summed E-state index contributed by atoms with van der Waals surface area (Å²) in [6, 6.07) is 8.68. The van der Waals surface area contributed by atoms with Crippen molar-refractivity contribution >= 4 is 17.4 Å². The Hall–Kier alpha value is -2.27. The number of aliphatic hydroxyl groups excluding tert-OH is 1. The van der Waals surface area contributed by atoms with Crippen LogP contribution in [0.25, 0.3) is 0 Å². The van der Waals surface area contributed by atoms with Crippen molar-refractivity contribution in [3.05, 3.63) is 47.8 Å². The number of nitrogens with zero attached hydrogens (tertiary/aromatic N) is 2. The molecule has 5 nitrogen and oxygen atoms in total. The summed E-state index contributed by atoms with van der Waals surface area (Å²) in [5, 5.41) is 12.0. The fourth-order valence-corrected chi connectivity index (χ4v) is 1.46. The Kier molecular flexibility index (Phi) is 3.64. The molecular weight excluding hydrogens is 230 g/mol. The number of nitrogens with one attached hydrogen (secondary N) is 1. The molecule has 2 aromatic rings. The average Bonchev–Trinajstić information content (AvgIpc) is 2.39. The van der Waals surface area contributed by atoms with E-state index in [1.807, 2.05) is 0 Å². The van der Waals surface area contributed by atoms with Crippen LogP contribution in [0.5, 0.6) is 0 Å². The summed E-state index contributed by atoms with van der Waals surface area (Å²) in [6.07, 6.45) is 1.57. The van der Waals surface area contributed by atoms with E-state index in [0.717, 1.165) is 5.69 Å². The zero-order valence-electron chi connectivity index (χ0n) is 9.92. The Labute approximate surface area is 105 Å². The molecule has 1 aromatic heterocycles. The summed E-state index contributed by atoms with van der Waals surface area (Å²) in [6.45, 7) is 1.40. The van der Waals surface area contributed by atoms with Gasteiger partial charge in [-0.2, -0.15) is 0 Å². The third-order valence-electron chi connectivity index (χ3n) is 2.42. The molecule has 1 aromatic carbocycles. The number of carbonyl (C=O) groups excluding carboxylic acids is 1. The summed E-state index contributed by atoms with van der Waals surface area (Å²) >= 11 is 0. The van der Waals surface area contributed by atoms with Crippen LogP contribution in [-0.2, 0) is 6.61 Å². The van der Waals surface area contributed by atoms with E-state index in [9.17, 15) is 4.79 Å². The maximum atomic E-state index is 11.1. The Morgan fingerprint density at radius 2 is 2.00 bits per heavy atom. The zero-order chi connectivity index (χ0) is 13.0. The van der Waals surface area contributed by atoms with Crippen molar-refractivity contribution in [2.45, 2.75) is 13.5 Å². The van der Waals surface area contributed by atoms with Gasteiger partial charge >= 0.3 is 0 Å². The van der Waals surface area contributed by atoms with E-state index >= 15 is 0 Å². The fourth-order valence-electron chi connectivity index (χ4n) is 1.46. The van der Waals surface area contributed by atoms with Crippen molar-refractivity contribution < 1.29 is 9.90 Å². The molecule has 2 N–H and O–H groups in total. The lowest BCUT2D eigenvalue weighted by Crippen LogP contribution is -2.00. The van der Waals surface area contributed by atoms with Crippen molar-refractivity contribution in [2.24, 2.45) is 0 Å². The number of anilines is 2. The van der Waals surface area contributed by atoms with Crippen LogP contribution in [0.3, 0.4) is 0 Å². The van der Waals surface area contributed by atoms with Gasteiger partial charge in [0.1, 0.15) is 0 Å². The maximum absolute atomic E-state index is 11.1. The van der Waals surface area contributed by atoms with Gasteiger partial charge in [-0.25, -0.2) is 9.97 Å². The number of Topliss-reactive ketones (excluding diaryl/α,β-unsaturated/α-hetero) is 1. The molecule has 0 fully saturated rings. The first-order valence-corrected chi connectivity index (χ1v) is 5.50. The molecule has 0 saturated carbocycles. The highest BCUT2D eigenvalue weighted by Gasteiger charge is 2.01. The molecule has 1 heterocycles. The molecular formula is C13H13N3O2. The number of hydrogen-bond acceptors (Lipinski definition) is 5. The van der Waals surface area contributed by atoms with E-state index in [4.69, 9.17) is 5.11 Å². The van der Waals surface area contributed by atoms with E-state index in [-0.39, 0.29) is 12.4 Å². The molecule has 0 unspecified atom stereocenters. The van der Waals surface area contributed by atoms with Crippen LogP contribution >= 0.6 is 0 Å². The first kappa shape index (κ1) is 12.2. The summed E-state index contributed by atoms with van der Waals surface area (Å²) < 4.78 is 0. The second kappa shape index (κ2) is 5.37. The molecule has 0 bridgehead atoms. The van der Waals surface area contributed by atoms with Crippen LogP contribution < -0.4 is 5.32 Å². The minimum absolute atomic E-state index is 0.0278. The predicted molar refractivity (Wildman–Crippen MR) is 67.7 cm³/mol. The zero-order valence-corrected chi connectivity index (χ0v) is 9.92. The van der Waals surface area contributed by atoms with Crippen LogP contribution in [-0.4, -0.2) is 20.9 Å². The molecule has 5 heteroatoms. The number of benzene rings is 1. The van der Waals surface area contributed by atoms with Crippen molar-refractivity contribution in [1.29, 1.82) is 0 Å². The van der Waals surface area contributed by atoms with Crippen LogP contribution in [0, 0.1) is 0 Å². The molecule has 0 amide bonds. The van der Waals surface area contributed by atoms with Crippen LogP contribution in [0.2, 0.25) is 0 Å². The van der Waals surface area contributed by atoms with Gasteiger partial charge in [0.25, 0.3) is 0 Å². The normalized spacial score (nSPS) is 10.1.